The molecule has 0 N–H and O–H groups in total. The Morgan fingerprint density at radius 1 is 1.44 bits per heavy atom. The van der Waals surface area contributed by atoms with Gasteiger partial charge in [-0.15, -0.1) is 0 Å². The lowest BCUT2D eigenvalue weighted by Gasteiger charge is -2.21. The number of esters is 1. The molecule has 0 fully saturated rings. The van der Waals surface area contributed by atoms with Crippen LogP contribution in [0.4, 0.5) is 5.69 Å². The van der Waals surface area contributed by atoms with Crippen LogP contribution >= 0.6 is 0 Å². The molecule has 2 rings (SSSR count). The number of nitrogens with zero attached hydrogens (tertiary/aromatic N) is 1. The van der Waals surface area contributed by atoms with Crippen molar-refractivity contribution in [2.45, 2.75) is 19.8 Å². The second kappa shape index (κ2) is 5.29. The highest BCUT2D eigenvalue weighted by Gasteiger charge is 2.31. The van der Waals surface area contributed by atoms with E-state index < -0.39 is 0 Å². The Bertz CT molecular complexity index is 441. The zero-order chi connectivity index (χ0) is 13.1. The number of rotatable bonds is 4. The Morgan fingerprint density at radius 2 is 2.17 bits per heavy atom. The van der Waals surface area contributed by atoms with Crippen molar-refractivity contribution >= 4 is 11.7 Å². The number of hydrogen-bond acceptors (Lipinski definition) is 4. The van der Waals surface area contributed by atoms with Crippen LogP contribution in [-0.4, -0.2) is 32.8 Å². The van der Waals surface area contributed by atoms with Gasteiger partial charge in [0.1, 0.15) is 18.3 Å². The molecule has 4 heteroatoms. The zero-order valence-corrected chi connectivity index (χ0v) is 11.1. The Kier molecular flexibility index (Phi) is 3.75. The number of anilines is 1. The largest absolute Gasteiger partial charge is 0.492 e. The van der Waals surface area contributed by atoms with Gasteiger partial charge in [-0.25, -0.2) is 0 Å². The Hall–Kier alpha value is -1.71. The van der Waals surface area contributed by atoms with E-state index in [4.69, 9.17) is 9.47 Å². The number of benzene rings is 1. The van der Waals surface area contributed by atoms with Gasteiger partial charge in [0.05, 0.1) is 7.11 Å². The molecule has 0 saturated carbocycles. The molecule has 0 aromatic heterocycles. The summed E-state index contributed by atoms with van der Waals surface area (Å²) in [5.74, 6) is 0.287. The molecule has 1 aliphatic rings. The second-order valence-electron chi connectivity index (χ2n) is 4.28. The van der Waals surface area contributed by atoms with Crippen LogP contribution in [0, 0.1) is 0 Å². The quantitative estimate of drug-likeness (QED) is 0.767. The Balaban J connectivity index is 2.28. The lowest BCUT2D eigenvalue weighted by Crippen LogP contribution is -2.21. The van der Waals surface area contributed by atoms with E-state index in [1.54, 1.807) is 0 Å². The van der Waals surface area contributed by atoms with Gasteiger partial charge in [-0.1, -0.05) is 6.07 Å². The van der Waals surface area contributed by atoms with Gasteiger partial charge in [-0.2, -0.15) is 0 Å². The molecule has 18 heavy (non-hydrogen) atoms. The van der Waals surface area contributed by atoms with E-state index >= 15 is 0 Å². The summed E-state index contributed by atoms with van der Waals surface area (Å²) < 4.78 is 10.4. The summed E-state index contributed by atoms with van der Waals surface area (Å²) in [4.78, 5) is 13.8. The number of carbonyl (C=O) groups excluding carboxylic acids is 1. The summed E-state index contributed by atoms with van der Waals surface area (Å²) >= 11 is 0. The molecule has 1 aromatic carbocycles. The fourth-order valence-corrected chi connectivity index (χ4v) is 2.32. The number of hydrogen-bond donors (Lipinski definition) is 0. The molecule has 0 saturated heterocycles. The number of fused-ring (bicyclic) bond motifs is 1. The first kappa shape index (κ1) is 12.7. The van der Waals surface area contributed by atoms with Gasteiger partial charge >= 0.3 is 5.97 Å². The first-order valence-corrected chi connectivity index (χ1v) is 6.30. The van der Waals surface area contributed by atoms with E-state index in [2.05, 4.69) is 18.7 Å². The first-order chi connectivity index (χ1) is 8.71. The molecule has 1 heterocycles. The summed E-state index contributed by atoms with van der Waals surface area (Å²) in [5, 5.41) is 0. The van der Waals surface area contributed by atoms with Gasteiger partial charge in [0.15, 0.2) is 0 Å². The fraction of sp³-hybridized carbons (Fsp3) is 0.500. The minimum atomic E-state index is -0.282. The van der Waals surface area contributed by atoms with E-state index in [1.807, 2.05) is 18.2 Å². The number of methoxy groups -OCH3 is 1. The first-order valence-electron chi connectivity index (χ1n) is 6.30. The molecule has 0 aliphatic carbocycles. The Morgan fingerprint density at radius 3 is 2.78 bits per heavy atom. The highest BCUT2D eigenvalue weighted by atomic mass is 16.5. The number of carbonyl (C=O) groups is 1. The second-order valence-corrected chi connectivity index (χ2v) is 4.28. The van der Waals surface area contributed by atoms with Gasteiger partial charge in [-0.3, -0.25) is 4.79 Å². The maximum atomic E-state index is 11.6. The average molecular weight is 249 g/mol. The third kappa shape index (κ3) is 2.15. The molecule has 1 atom stereocenters. The van der Waals surface area contributed by atoms with E-state index in [9.17, 15) is 4.79 Å². The summed E-state index contributed by atoms with van der Waals surface area (Å²) in [6.45, 7) is 6.53. The maximum absolute atomic E-state index is 11.6. The SMILES string of the molecule is CCN(CC)c1ccc2c(c1)OCC2C(=O)OC. The monoisotopic (exact) mass is 249 g/mol. The van der Waals surface area contributed by atoms with Crippen LogP contribution in [0.25, 0.3) is 0 Å². The van der Waals surface area contributed by atoms with Crippen LogP contribution in [-0.2, 0) is 9.53 Å². The van der Waals surface area contributed by atoms with Crippen molar-refractivity contribution in [3.8, 4) is 5.75 Å². The third-order valence-corrected chi connectivity index (χ3v) is 3.39. The van der Waals surface area contributed by atoms with Crippen molar-refractivity contribution in [3.63, 3.8) is 0 Å². The molecule has 1 aromatic rings. The summed E-state index contributed by atoms with van der Waals surface area (Å²) in [6, 6.07) is 6.01. The fourth-order valence-electron chi connectivity index (χ4n) is 2.32. The van der Waals surface area contributed by atoms with Crippen molar-refractivity contribution in [3.05, 3.63) is 23.8 Å². The van der Waals surface area contributed by atoms with E-state index in [1.165, 1.54) is 7.11 Å². The topological polar surface area (TPSA) is 38.8 Å². The standard InChI is InChI=1S/C14H19NO3/c1-4-15(5-2)10-6-7-11-12(14(16)17-3)9-18-13(11)8-10/h6-8,12H,4-5,9H2,1-3H3. The maximum Gasteiger partial charge on any atom is 0.316 e. The molecule has 0 spiro atoms. The minimum absolute atomic E-state index is 0.232. The van der Waals surface area contributed by atoms with Crippen molar-refractivity contribution < 1.29 is 14.3 Å². The van der Waals surface area contributed by atoms with Crippen LogP contribution in [0.2, 0.25) is 0 Å². The normalized spacial score (nSPS) is 16.9. The molecular weight excluding hydrogens is 230 g/mol. The van der Waals surface area contributed by atoms with Gasteiger partial charge in [-0.05, 0) is 19.9 Å². The van der Waals surface area contributed by atoms with Gasteiger partial charge in [0.25, 0.3) is 0 Å². The minimum Gasteiger partial charge on any atom is -0.492 e. The van der Waals surface area contributed by atoms with E-state index in [0.29, 0.717) is 6.61 Å². The molecule has 1 unspecified atom stereocenters. The van der Waals surface area contributed by atoms with Crippen molar-refractivity contribution in [1.82, 2.24) is 0 Å². The van der Waals surface area contributed by atoms with Gasteiger partial charge in [0, 0.05) is 30.4 Å². The van der Waals surface area contributed by atoms with Crippen LogP contribution in [0.1, 0.15) is 25.3 Å². The summed E-state index contributed by atoms with van der Waals surface area (Å²) in [7, 11) is 1.41. The zero-order valence-electron chi connectivity index (χ0n) is 11.1. The highest BCUT2D eigenvalue weighted by Crippen LogP contribution is 2.37. The molecular formula is C14H19NO3. The predicted molar refractivity (Wildman–Crippen MR) is 70.3 cm³/mol. The lowest BCUT2D eigenvalue weighted by atomic mass is 10.0. The molecule has 98 valence electrons. The van der Waals surface area contributed by atoms with Crippen LogP contribution < -0.4 is 9.64 Å². The van der Waals surface area contributed by atoms with Gasteiger partial charge in [0.2, 0.25) is 0 Å². The summed E-state index contributed by atoms with van der Waals surface area (Å²) in [5.41, 5.74) is 2.06. The predicted octanol–water partition coefficient (Wildman–Crippen LogP) is 2.18. The van der Waals surface area contributed by atoms with Crippen molar-refractivity contribution in [2.75, 3.05) is 31.7 Å². The average Bonchev–Trinajstić information content (AvgIpc) is 2.82. The molecule has 1 aliphatic heterocycles. The van der Waals surface area contributed by atoms with Crippen LogP contribution in [0.15, 0.2) is 18.2 Å². The smallest absolute Gasteiger partial charge is 0.316 e. The number of ether oxygens (including phenoxy) is 2. The Labute approximate surface area is 107 Å². The molecule has 0 radical (unpaired) electrons. The van der Waals surface area contributed by atoms with Crippen molar-refractivity contribution in [2.24, 2.45) is 0 Å². The molecule has 0 bridgehead atoms. The highest BCUT2D eigenvalue weighted by molar-refractivity contribution is 5.80. The van der Waals surface area contributed by atoms with Crippen LogP contribution in [0.5, 0.6) is 5.75 Å². The third-order valence-electron chi connectivity index (χ3n) is 3.39. The van der Waals surface area contributed by atoms with Gasteiger partial charge < -0.3 is 14.4 Å². The van der Waals surface area contributed by atoms with Crippen molar-refractivity contribution in [1.29, 1.82) is 0 Å². The molecule has 4 nitrogen and oxygen atoms in total. The van der Waals surface area contributed by atoms with E-state index in [0.717, 1.165) is 30.1 Å². The van der Waals surface area contributed by atoms with E-state index in [-0.39, 0.29) is 11.9 Å². The van der Waals surface area contributed by atoms with Crippen LogP contribution in [0.3, 0.4) is 0 Å². The summed E-state index contributed by atoms with van der Waals surface area (Å²) in [6.07, 6.45) is 0. The lowest BCUT2D eigenvalue weighted by molar-refractivity contribution is -0.142. The molecule has 0 amide bonds.